The molecular weight excluding hydrogens is 195 g/mol. The van der Waals surface area contributed by atoms with Gasteiger partial charge in [0.25, 0.3) is 0 Å². The Morgan fingerprint density at radius 3 is 2.67 bits per heavy atom. The summed E-state index contributed by atoms with van der Waals surface area (Å²) in [5, 5.41) is 9.93. The van der Waals surface area contributed by atoms with Gasteiger partial charge in [0.1, 0.15) is 5.76 Å². The lowest BCUT2D eigenvalue weighted by molar-refractivity contribution is 0.403. The van der Waals surface area contributed by atoms with Gasteiger partial charge in [-0.05, 0) is 12.0 Å². The van der Waals surface area contributed by atoms with Gasteiger partial charge in [-0.2, -0.15) is 0 Å². The van der Waals surface area contributed by atoms with Crippen LogP contribution < -0.4 is 0 Å². The van der Waals surface area contributed by atoms with Crippen LogP contribution in [0.1, 0.15) is 20.3 Å². The molecule has 0 spiro atoms. The molecule has 2 unspecified atom stereocenters. The highest BCUT2D eigenvalue weighted by molar-refractivity contribution is 6.32. The Hall–Kier alpha value is -0.140. The zero-order valence-corrected chi connectivity index (χ0v) is 8.65. The molecule has 12 heavy (non-hydrogen) atoms. The molecule has 0 saturated heterocycles. The molecule has 68 valence electrons. The van der Waals surface area contributed by atoms with E-state index < -0.39 is 0 Å². The van der Waals surface area contributed by atoms with E-state index in [4.69, 9.17) is 23.2 Å². The molecule has 3 heteroatoms. The molecule has 0 aromatic carbocycles. The quantitative estimate of drug-likeness (QED) is 0.651. The van der Waals surface area contributed by atoms with Gasteiger partial charge in [-0.25, -0.2) is 0 Å². The Labute approximate surface area is 82.7 Å². The topological polar surface area (TPSA) is 20.2 Å². The van der Waals surface area contributed by atoms with Crippen LogP contribution in [-0.4, -0.2) is 10.5 Å². The van der Waals surface area contributed by atoms with E-state index in [1.807, 2.05) is 19.9 Å². The Kier molecular flexibility index (Phi) is 3.08. The van der Waals surface area contributed by atoms with Gasteiger partial charge in [0.05, 0.1) is 10.4 Å². The molecule has 0 saturated carbocycles. The maximum Gasteiger partial charge on any atom is 0.133 e. The molecule has 0 aromatic rings. The Morgan fingerprint density at radius 2 is 2.17 bits per heavy atom. The highest BCUT2D eigenvalue weighted by atomic mass is 35.5. The Bertz CT molecular complexity index is 243. The fourth-order valence-electron chi connectivity index (χ4n) is 1.21. The molecule has 1 aliphatic carbocycles. The largest absolute Gasteiger partial charge is 0.506 e. The summed E-state index contributed by atoms with van der Waals surface area (Å²) < 4.78 is 0. The first kappa shape index (κ1) is 9.94. The summed E-state index contributed by atoms with van der Waals surface area (Å²) in [5.41, 5.74) is 0.845. The number of rotatable bonds is 1. The SMILES string of the molecule is CCC1=CC(Cl)C(C)C(Cl)=C1O. The lowest BCUT2D eigenvalue weighted by Crippen LogP contribution is -2.16. The standard InChI is InChI=1S/C9H12Cl2O/c1-3-6-4-7(10)5(2)8(11)9(6)12/h4-5,7,12H,3H2,1-2H3. The van der Waals surface area contributed by atoms with Crippen molar-refractivity contribution in [1.82, 2.24) is 0 Å². The van der Waals surface area contributed by atoms with Gasteiger partial charge in [0.2, 0.25) is 0 Å². The number of halogens is 2. The molecule has 0 amide bonds. The second-order valence-corrected chi connectivity index (χ2v) is 3.89. The third kappa shape index (κ3) is 1.62. The second kappa shape index (κ2) is 3.71. The van der Waals surface area contributed by atoms with E-state index in [1.54, 1.807) is 0 Å². The molecule has 0 fully saturated rings. The summed E-state index contributed by atoms with van der Waals surface area (Å²) in [6, 6.07) is 0. The van der Waals surface area contributed by atoms with Crippen LogP contribution in [0.4, 0.5) is 0 Å². The molecular formula is C9H12Cl2O. The summed E-state index contributed by atoms with van der Waals surface area (Å²) in [6.07, 6.45) is 2.63. The van der Waals surface area contributed by atoms with Gasteiger partial charge in [-0.15, -0.1) is 11.6 Å². The number of aliphatic hydroxyl groups is 1. The molecule has 1 N–H and O–H groups in total. The highest BCUT2D eigenvalue weighted by Crippen LogP contribution is 2.34. The predicted molar refractivity (Wildman–Crippen MR) is 52.7 cm³/mol. The lowest BCUT2D eigenvalue weighted by atomic mass is 9.95. The van der Waals surface area contributed by atoms with E-state index in [1.165, 1.54) is 0 Å². The number of alkyl halides is 1. The number of aliphatic hydroxyl groups excluding tert-OH is 1. The van der Waals surface area contributed by atoms with Crippen LogP contribution in [0.5, 0.6) is 0 Å². The van der Waals surface area contributed by atoms with Gasteiger partial charge in [-0.1, -0.05) is 31.5 Å². The number of hydrogen-bond acceptors (Lipinski definition) is 1. The first-order chi connectivity index (χ1) is 5.57. The summed E-state index contributed by atoms with van der Waals surface area (Å²) >= 11 is 11.9. The summed E-state index contributed by atoms with van der Waals surface area (Å²) in [5.74, 6) is 0.229. The minimum atomic E-state index is -0.0941. The Morgan fingerprint density at radius 1 is 1.58 bits per heavy atom. The smallest absolute Gasteiger partial charge is 0.133 e. The van der Waals surface area contributed by atoms with Gasteiger partial charge >= 0.3 is 0 Å². The van der Waals surface area contributed by atoms with Crippen molar-refractivity contribution in [2.45, 2.75) is 25.6 Å². The molecule has 1 aliphatic rings. The number of allylic oxidation sites excluding steroid dienone is 3. The average Bonchev–Trinajstić information content (AvgIpc) is 2.08. The zero-order valence-electron chi connectivity index (χ0n) is 7.14. The lowest BCUT2D eigenvalue weighted by Gasteiger charge is -2.22. The van der Waals surface area contributed by atoms with Crippen molar-refractivity contribution in [2.24, 2.45) is 5.92 Å². The van der Waals surface area contributed by atoms with E-state index in [-0.39, 0.29) is 17.1 Å². The van der Waals surface area contributed by atoms with Gasteiger partial charge in [0.15, 0.2) is 0 Å². The molecule has 0 aliphatic heterocycles. The van der Waals surface area contributed by atoms with Crippen LogP contribution in [0, 0.1) is 5.92 Å². The maximum absolute atomic E-state index is 9.55. The molecule has 0 bridgehead atoms. The van der Waals surface area contributed by atoms with Crippen LogP contribution in [0.15, 0.2) is 22.4 Å². The molecule has 1 rings (SSSR count). The fraction of sp³-hybridized carbons (Fsp3) is 0.556. The monoisotopic (exact) mass is 206 g/mol. The van der Waals surface area contributed by atoms with Crippen LogP contribution in [-0.2, 0) is 0 Å². The Balaban J connectivity index is 3.00. The first-order valence-electron chi connectivity index (χ1n) is 4.01. The first-order valence-corrected chi connectivity index (χ1v) is 4.83. The fourth-order valence-corrected chi connectivity index (χ4v) is 1.81. The minimum Gasteiger partial charge on any atom is -0.506 e. The van der Waals surface area contributed by atoms with Crippen molar-refractivity contribution in [3.8, 4) is 0 Å². The molecule has 0 radical (unpaired) electrons. The van der Waals surface area contributed by atoms with Gasteiger partial charge in [0, 0.05) is 5.92 Å². The summed E-state index contributed by atoms with van der Waals surface area (Å²) in [6.45, 7) is 3.87. The second-order valence-electron chi connectivity index (χ2n) is 2.98. The third-order valence-corrected chi connectivity index (χ3v) is 3.18. The molecule has 2 atom stereocenters. The highest BCUT2D eigenvalue weighted by Gasteiger charge is 2.25. The third-order valence-electron chi connectivity index (χ3n) is 2.15. The van der Waals surface area contributed by atoms with Crippen molar-refractivity contribution < 1.29 is 5.11 Å². The molecule has 0 aromatic heterocycles. The van der Waals surface area contributed by atoms with E-state index in [2.05, 4.69) is 0 Å². The summed E-state index contributed by atoms with van der Waals surface area (Å²) in [7, 11) is 0. The van der Waals surface area contributed by atoms with Crippen molar-refractivity contribution >= 4 is 23.2 Å². The average molecular weight is 207 g/mol. The van der Waals surface area contributed by atoms with Crippen LogP contribution >= 0.6 is 23.2 Å². The van der Waals surface area contributed by atoms with E-state index in [0.29, 0.717) is 5.03 Å². The van der Waals surface area contributed by atoms with E-state index >= 15 is 0 Å². The predicted octanol–water partition coefficient (Wildman–Crippen LogP) is 3.59. The molecule has 1 nitrogen and oxygen atoms in total. The van der Waals surface area contributed by atoms with E-state index in [9.17, 15) is 5.11 Å². The minimum absolute atomic E-state index is 0.0173. The van der Waals surface area contributed by atoms with Crippen molar-refractivity contribution in [2.75, 3.05) is 0 Å². The maximum atomic E-state index is 9.55. The van der Waals surface area contributed by atoms with Crippen LogP contribution in [0.25, 0.3) is 0 Å². The van der Waals surface area contributed by atoms with Crippen molar-refractivity contribution in [1.29, 1.82) is 0 Å². The van der Waals surface area contributed by atoms with E-state index in [0.717, 1.165) is 12.0 Å². The van der Waals surface area contributed by atoms with Crippen molar-refractivity contribution in [3.63, 3.8) is 0 Å². The molecule has 0 heterocycles. The number of hydrogen-bond donors (Lipinski definition) is 1. The van der Waals surface area contributed by atoms with Crippen molar-refractivity contribution in [3.05, 3.63) is 22.4 Å². The van der Waals surface area contributed by atoms with Gasteiger partial charge < -0.3 is 5.11 Å². The zero-order chi connectivity index (χ0) is 9.30. The van der Waals surface area contributed by atoms with Crippen LogP contribution in [0.2, 0.25) is 0 Å². The van der Waals surface area contributed by atoms with Gasteiger partial charge in [-0.3, -0.25) is 0 Å². The van der Waals surface area contributed by atoms with Crippen LogP contribution in [0.3, 0.4) is 0 Å². The summed E-state index contributed by atoms with van der Waals surface area (Å²) in [4.78, 5) is 0. The normalized spacial score (nSPS) is 30.5.